The van der Waals surface area contributed by atoms with Crippen molar-refractivity contribution >= 4 is 0 Å². The average molecular weight is 184 g/mol. The molecule has 13 heavy (non-hydrogen) atoms. The predicted octanol–water partition coefficient (Wildman–Crippen LogP) is 1.85. The summed E-state index contributed by atoms with van der Waals surface area (Å²) in [5.41, 5.74) is 6.15. The Bertz CT molecular complexity index is 150. The fourth-order valence-corrected chi connectivity index (χ4v) is 2.48. The van der Waals surface area contributed by atoms with Crippen molar-refractivity contribution in [2.75, 3.05) is 19.6 Å². The Balaban J connectivity index is 2.55. The maximum Gasteiger partial charge on any atom is 0.0306 e. The molecule has 1 saturated heterocycles. The highest BCUT2D eigenvalue weighted by Crippen LogP contribution is 2.26. The molecule has 1 aliphatic rings. The van der Waals surface area contributed by atoms with E-state index in [1.165, 1.54) is 32.4 Å². The predicted molar refractivity (Wildman–Crippen MR) is 57.7 cm³/mol. The average Bonchev–Trinajstić information content (AvgIpc) is 2.55. The molecule has 0 aromatic heterocycles. The van der Waals surface area contributed by atoms with Crippen LogP contribution >= 0.6 is 0 Å². The van der Waals surface area contributed by atoms with Crippen molar-refractivity contribution < 1.29 is 0 Å². The van der Waals surface area contributed by atoms with Crippen molar-refractivity contribution in [3.8, 4) is 0 Å². The molecule has 0 aliphatic carbocycles. The molecule has 1 aliphatic heterocycles. The van der Waals surface area contributed by atoms with Crippen molar-refractivity contribution in [3.63, 3.8) is 0 Å². The van der Waals surface area contributed by atoms with Gasteiger partial charge in [0.05, 0.1) is 0 Å². The molecule has 0 amide bonds. The van der Waals surface area contributed by atoms with Crippen LogP contribution < -0.4 is 5.73 Å². The quantitative estimate of drug-likeness (QED) is 0.722. The van der Waals surface area contributed by atoms with Gasteiger partial charge >= 0.3 is 0 Å². The van der Waals surface area contributed by atoms with Crippen LogP contribution in [-0.4, -0.2) is 30.1 Å². The minimum atomic E-state index is 0.255. The lowest BCUT2D eigenvalue weighted by Gasteiger charge is -2.39. The Morgan fingerprint density at radius 2 is 1.85 bits per heavy atom. The van der Waals surface area contributed by atoms with Crippen LogP contribution in [0, 0.1) is 5.92 Å². The fraction of sp³-hybridized carbons (Fsp3) is 1.00. The van der Waals surface area contributed by atoms with E-state index in [9.17, 15) is 0 Å². The van der Waals surface area contributed by atoms with E-state index in [4.69, 9.17) is 5.73 Å². The van der Waals surface area contributed by atoms with E-state index in [0.29, 0.717) is 0 Å². The van der Waals surface area contributed by atoms with Gasteiger partial charge < -0.3 is 5.73 Å². The molecular weight excluding hydrogens is 160 g/mol. The summed E-state index contributed by atoms with van der Waals surface area (Å²) in [4.78, 5) is 2.58. The van der Waals surface area contributed by atoms with E-state index in [2.05, 4.69) is 25.7 Å². The van der Waals surface area contributed by atoms with Crippen LogP contribution in [0.5, 0.6) is 0 Å². The number of hydrogen-bond donors (Lipinski definition) is 1. The second kappa shape index (κ2) is 4.43. The molecule has 1 unspecified atom stereocenters. The highest BCUT2D eigenvalue weighted by molar-refractivity contribution is 4.90. The first-order valence-corrected chi connectivity index (χ1v) is 5.53. The van der Waals surface area contributed by atoms with Crippen LogP contribution in [0.15, 0.2) is 0 Å². The zero-order valence-electron chi connectivity index (χ0n) is 9.34. The molecule has 1 fully saturated rings. The maximum atomic E-state index is 5.89. The third-order valence-corrected chi connectivity index (χ3v) is 3.16. The van der Waals surface area contributed by atoms with Gasteiger partial charge in [0.25, 0.3) is 0 Å². The molecule has 0 radical (unpaired) electrons. The highest BCUT2D eigenvalue weighted by Gasteiger charge is 2.32. The fourth-order valence-electron chi connectivity index (χ4n) is 2.48. The van der Waals surface area contributed by atoms with Gasteiger partial charge in [-0.3, -0.25) is 4.90 Å². The molecule has 1 atom stereocenters. The van der Waals surface area contributed by atoms with Crippen molar-refractivity contribution in [2.45, 2.75) is 45.6 Å². The molecular formula is C11H24N2. The Kier molecular flexibility index (Phi) is 3.74. The van der Waals surface area contributed by atoms with Crippen LogP contribution in [0.2, 0.25) is 0 Å². The van der Waals surface area contributed by atoms with Gasteiger partial charge in [-0.1, -0.05) is 13.8 Å². The van der Waals surface area contributed by atoms with E-state index in [0.717, 1.165) is 12.5 Å². The van der Waals surface area contributed by atoms with Gasteiger partial charge in [0.1, 0.15) is 0 Å². The molecule has 78 valence electrons. The summed E-state index contributed by atoms with van der Waals surface area (Å²) in [5.74, 6) is 0.745. The molecule has 0 spiro atoms. The second-order valence-corrected chi connectivity index (χ2v) is 4.99. The van der Waals surface area contributed by atoms with E-state index in [-0.39, 0.29) is 5.54 Å². The Morgan fingerprint density at radius 3 is 2.23 bits per heavy atom. The Labute approximate surface area is 82.5 Å². The monoisotopic (exact) mass is 184 g/mol. The van der Waals surface area contributed by atoms with Crippen molar-refractivity contribution in [2.24, 2.45) is 11.7 Å². The van der Waals surface area contributed by atoms with Gasteiger partial charge in [0.2, 0.25) is 0 Å². The van der Waals surface area contributed by atoms with Crippen LogP contribution in [0.25, 0.3) is 0 Å². The molecule has 0 bridgehead atoms. The zero-order chi connectivity index (χ0) is 9.90. The van der Waals surface area contributed by atoms with Gasteiger partial charge in [0, 0.05) is 12.1 Å². The van der Waals surface area contributed by atoms with Gasteiger partial charge in [-0.15, -0.1) is 0 Å². The van der Waals surface area contributed by atoms with Crippen LogP contribution in [-0.2, 0) is 0 Å². The number of nitrogens with two attached hydrogens (primary N) is 1. The topological polar surface area (TPSA) is 29.3 Å². The molecule has 0 saturated carbocycles. The van der Waals surface area contributed by atoms with Crippen molar-refractivity contribution in [1.29, 1.82) is 0 Å². The molecule has 1 rings (SSSR count). The van der Waals surface area contributed by atoms with Crippen molar-refractivity contribution in [1.82, 2.24) is 4.90 Å². The summed E-state index contributed by atoms with van der Waals surface area (Å²) in [6.07, 6.45) is 3.94. The summed E-state index contributed by atoms with van der Waals surface area (Å²) in [7, 11) is 0. The maximum absolute atomic E-state index is 5.89. The summed E-state index contributed by atoms with van der Waals surface area (Å²) in [6, 6.07) is 0. The molecule has 1 heterocycles. The van der Waals surface area contributed by atoms with Crippen molar-refractivity contribution in [3.05, 3.63) is 0 Å². The van der Waals surface area contributed by atoms with E-state index >= 15 is 0 Å². The minimum absolute atomic E-state index is 0.255. The Morgan fingerprint density at radius 1 is 1.31 bits per heavy atom. The molecule has 2 heteroatoms. The molecule has 0 aromatic carbocycles. The number of nitrogens with zero attached hydrogens (tertiary/aromatic N) is 1. The number of rotatable bonds is 4. The van der Waals surface area contributed by atoms with E-state index in [1.54, 1.807) is 0 Å². The second-order valence-electron chi connectivity index (χ2n) is 4.99. The third-order valence-electron chi connectivity index (χ3n) is 3.16. The lowest BCUT2D eigenvalue weighted by Crippen LogP contribution is -2.51. The smallest absolute Gasteiger partial charge is 0.0306 e. The first kappa shape index (κ1) is 11.0. The van der Waals surface area contributed by atoms with Gasteiger partial charge in [-0.05, 0) is 45.2 Å². The lowest BCUT2D eigenvalue weighted by atomic mass is 9.89. The zero-order valence-corrected chi connectivity index (χ0v) is 9.34. The standard InChI is InChI=1S/C11H24N2/c1-10(2)8-11(3,9-12)13-6-4-5-7-13/h10H,4-9,12H2,1-3H3. The first-order valence-electron chi connectivity index (χ1n) is 5.53. The third kappa shape index (κ3) is 2.68. The number of likely N-dealkylation sites (tertiary alicyclic amines) is 1. The first-order chi connectivity index (χ1) is 6.08. The molecule has 0 aromatic rings. The van der Waals surface area contributed by atoms with Crippen LogP contribution in [0.1, 0.15) is 40.0 Å². The van der Waals surface area contributed by atoms with Gasteiger partial charge in [0.15, 0.2) is 0 Å². The number of hydrogen-bond acceptors (Lipinski definition) is 2. The largest absolute Gasteiger partial charge is 0.329 e. The van der Waals surface area contributed by atoms with E-state index < -0.39 is 0 Å². The lowest BCUT2D eigenvalue weighted by molar-refractivity contribution is 0.117. The van der Waals surface area contributed by atoms with Crippen LogP contribution in [0.3, 0.4) is 0 Å². The van der Waals surface area contributed by atoms with Gasteiger partial charge in [-0.25, -0.2) is 0 Å². The SMILES string of the molecule is CC(C)CC(C)(CN)N1CCCC1. The Hall–Kier alpha value is -0.0800. The summed E-state index contributed by atoms with van der Waals surface area (Å²) in [5, 5.41) is 0. The normalized spacial score (nSPS) is 23.8. The van der Waals surface area contributed by atoms with Gasteiger partial charge in [-0.2, -0.15) is 0 Å². The minimum Gasteiger partial charge on any atom is -0.329 e. The van der Waals surface area contributed by atoms with E-state index in [1.807, 2.05) is 0 Å². The molecule has 2 nitrogen and oxygen atoms in total. The highest BCUT2D eigenvalue weighted by atomic mass is 15.2. The van der Waals surface area contributed by atoms with Crippen LogP contribution in [0.4, 0.5) is 0 Å². The summed E-state index contributed by atoms with van der Waals surface area (Å²) < 4.78 is 0. The summed E-state index contributed by atoms with van der Waals surface area (Å²) >= 11 is 0. The summed E-state index contributed by atoms with van der Waals surface area (Å²) in [6.45, 7) is 10.2. The molecule has 2 N–H and O–H groups in total.